The highest BCUT2D eigenvalue weighted by Crippen LogP contribution is 2.41. The quantitative estimate of drug-likeness (QED) is 0.283. The number of nitro benzene ring substituents is 1. The number of nitro groups is 1. The molecule has 1 aliphatic heterocycles. The number of non-ortho nitro benzene ring substituents is 1. The van der Waals surface area contributed by atoms with Crippen molar-refractivity contribution in [1.29, 1.82) is 0 Å². The van der Waals surface area contributed by atoms with Crippen LogP contribution in [-0.4, -0.2) is 22.5 Å². The smallest absolute Gasteiger partial charge is 0.271 e. The lowest BCUT2D eigenvalue weighted by Crippen LogP contribution is -2.25. The Bertz CT molecular complexity index is 1280. The van der Waals surface area contributed by atoms with Crippen molar-refractivity contribution < 1.29 is 19.6 Å². The highest BCUT2D eigenvalue weighted by Gasteiger charge is 2.33. The molecular weight excluding hydrogens is 444 g/mol. The molecular formula is C25H19ClN2O5. The maximum Gasteiger partial charge on any atom is 0.271 e. The summed E-state index contributed by atoms with van der Waals surface area (Å²) in [5, 5.41) is 22.3. The van der Waals surface area contributed by atoms with Gasteiger partial charge in [-0.1, -0.05) is 35.9 Å². The number of benzene rings is 3. The number of rotatable bonds is 6. The summed E-state index contributed by atoms with van der Waals surface area (Å²) in [6.07, 6.45) is 3.39. The maximum absolute atomic E-state index is 13.4. The number of phenols is 1. The summed E-state index contributed by atoms with van der Waals surface area (Å²) in [5.74, 6) is 0.0405. The first kappa shape index (κ1) is 22.1. The number of hydrogen-bond donors (Lipinski definition) is 1. The number of anilines is 1. The molecule has 0 spiro atoms. The predicted octanol–water partition coefficient (Wildman–Crippen LogP) is 5.82. The molecule has 0 aliphatic carbocycles. The van der Waals surface area contributed by atoms with Crippen LogP contribution in [0.1, 0.15) is 18.1 Å². The van der Waals surface area contributed by atoms with Gasteiger partial charge < -0.3 is 9.84 Å². The molecule has 0 saturated heterocycles. The molecule has 1 heterocycles. The second kappa shape index (κ2) is 9.18. The summed E-state index contributed by atoms with van der Waals surface area (Å²) in [5.41, 5.74) is 2.03. The summed E-state index contributed by atoms with van der Waals surface area (Å²) in [6.45, 7) is 2.45. The van der Waals surface area contributed by atoms with Crippen LogP contribution in [0.3, 0.4) is 0 Å². The van der Waals surface area contributed by atoms with Crippen molar-refractivity contribution in [2.75, 3.05) is 11.5 Å². The largest absolute Gasteiger partial charge is 0.506 e. The molecule has 3 aromatic carbocycles. The van der Waals surface area contributed by atoms with E-state index in [1.807, 2.05) is 31.2 Å². The first-order chi connectivity index (χ1) is 15.9. The highest BCUT2D eigenvalue weighted by atomic mass is 35.5. The van der Waals surface area contributed by atoms with Crippen molar-refractivity contribution in [3.05, 3.63) is 105 Å². The van der Waals surface area contributed by atoms with Crippen LogP contribution in [-0.2, 0) is 4.79 Å². The third kappa shape index (κ3) is 4.58. The van der Waals surface area contributed by atoms with Gasteiger partial charge >= 0.3 is 0 Å². The Hall–Kier alpha value is -4.10. The molecule has 0 atom stereocenters. The molecule has 166 valence electrons. The zero-order valence-electron chi connectivity index (χ0n) is 17.6. The molecule has 0 unspecified atom stereocenters. The van der Waals surface area contributed by atoms with E-state index in [9.17, 15) is 20.0 Å². The lowest BCUT2D eigenvalue weighted by molar-refractivity contribution is -0.384. The topological polar surface area (TPSA) is 92.9 Å². The fourth-order valence-electron chi connectivity index (χ4n) is 3.50. The van der Waals surface area contributed by atoms with E-state index in [0.717, 1.165) is 11.3 Å². The average Bonchev–Trinajstić information content (AvgIpc) is 3.11. The van der Waals surface area contributed by atoms with Crippen LogP contribution in [0.4, 0.5) is 11.4 Å². The SMILES string of the molecule is CCOc1ccc(/C=C2\C=C(c3ccc(Cl)cc3)N(c3cc([N+](=O)[O-])ccc3O)C2=O)cc1. The molecule has 4 rings (SSSR count). The number of amides is 1. The van der Waals surface area contributed by atoms with Crippen LogP contribution in [0.15, 0.2) is 78.4 Å². The molecule has 0 aromatic heterocycles. The number of hydrogen-bond acceptors (Lipinski definition) is 5. The van der Waals surface area contributed by atoms with Crippen molar-refractivity contribution in [2.24, 2.45) is 0 Å². The monoisotopic (exact) mass is 462 g/mol. The summed E-state index contributed by atoms with van der Waals surface area (Å²) < 4.78 is 5.45. The number of carbonyl (C=O) groups is 1. The van der Waals surface area contributed by atoms with Gasteiger partial charge in [-0.15, -0.1) is 0 Å². The Balaban J connectivity index is 1.81. The number of phenolic OH excluding ortho intramolecular Hbond substituents is 1. The highest BCUT2D eigenvalue weighted by molar-refractivity contribution is 6.30. The summed E-state index contributed by atoms with van der Waals surface area (Å²) in [6, 6.07) is 17.7. The van der Waals surface area contributed by atoms with Gasteiger partial charge in [-0.2, -0.15) is 0 Å². The zero-order valence-corrected chi connectivity index (χ0v) is 18.3. The van der Waals surface area contributed by atoms with Crippen molar-refractivity contribution in [2.45, 2.75) is 6.92 Å². The van der Waals surface area contributed by atoms with E-state index < -0.39 is 10.8 Å². The number of halogens is 1. The average molecular weight is 463 g/mol. The Morgan fingerprint density at radius 3 is 2.42 bits per heavy atom. The minimum atomic E-state index is -0.578. The molecule has 0 fully saturated rings. The molecule has 1 N–H and O–H groups in total. The number of ether oxygens (including phenoxy) is 1. The summed E-state index contributed by atoms with van der Waals surface area (Å²) >= 11 is 6.02. The third-order valence-electron chi connectivity index (χ3n) is 5.05. The molecule has 0 saturated carbocycles. The van der Waals surface area contributed by atoms with E-state index in [1.165, 1.54) is 23.1 Å². The van der Waals surface area contributed by atoms with Gasteiger partial charge in [0.2, 0.25) is 0 Å². The Kier molecular flexibility index (Phi) is 6.15. The van der Waals surface area contributed by atoms with Crippen molar-refractivity contribution in [3.8, 4) is 11.5 Å². The van der Waals surface area contributed by atoms with Gasteiger partial charge in [-0.25, -0.2) is 0 Å². The Morgan fingerprint density at radius 1 is 1.09 bits per heavy atom. The van der Waals surface area contributed by atoms with Gasteiger partial charge in [0.15, 0.2) is 0 Å². The van der Waals surface area contributed by atoms with Crippen LogP contribution in [0.25, 0.3) is 11.8 Å². The van der Waals surface area contributed by atoms with Crippen molar-refractivity contribution in [1.82, 2.24) is 0 Å². The molecule has 0 radical (unpaired) electrons. The first-order valence-corrected chi connectivity index (χ1v) is 10.5. The fraction of sp³-hybridized carbons (Fsp3) is 0.0800. The normalized spacial score (nSPS) is 14.5. The minimum absolute atomic E-state index is 0.0190. The van der Waals surface area contributed by atoms with Crippen LogP contribution >= 0.6 is 11.6 Å². The van der Waals surface area contributed by atoms with Crippen LogP contribution in [0.5, 0.6) is 11.5 Å². The molecule has 8 heteroatoms. The van der Waals surface area contributed by atoms with Crippen LogP contribution in [0.2, 0.25) is 5.02 Å². The molecule has 1 amide bonds. The van der Waals surface area contributed by atoms with E-state index in [-0.39, 0.29) is 17.1 Å². The van der Waals surface area contributed by atoms with Crippen LogP contribution < -0.4 is 9.64 Å². The standard InChI is InChI=1S/C25H19ClN2O5/c1-2-33-21-10-3-16(4-11-21)13-18-14-22(17-5-7-19(26)8-6-17)27(25(18)30)23-15-20(28(31)32)9-12-24(23)29/h3-15,29H,2H2,1H3/b18-13+. The van der Waals surface area contributed by atoms with E-state index in [2.05, 4.69) is 0 Å². The van der Waals surface area contributed by atoms with E-state index >= 15 is 0 Å². The molecule has 3 aromatic rings. The van der Waals surface area contributed by atoms with Crippen LogP contribution in [0, 0.1) is 10.1 Å². The lowest BCUT2D eigenvalue weighted by Gasteiger charge is -2.21. The Labute approximate surface area is 195 Å². The van der Waals surface area contributed by atoms with Gasteiger partial charge in [0, 0.05) is 22.7 Å². The van der Waals surface area contributed by atoms with Crippen molar-refractivity contribution >= 4 is 40.7 Å². The second-order valence-corrected chi connectivity index (χ2v) is 7.65. The summed E-state index contributed by atoms with van der Waals surface area (Å²) in [7, 11) is 0. The number of nitrogens with zero attached hydrogens (tertiary/aromatic N) is 2. The van der Waals surface area contributed by atoms with Gasteiger partial charge in [0.05, 0.1) is 22.9 Å². The van der Waals surface area contributed by atoms with E-state index in [1.54, 1.807) is 36.4 Å². The second-order valence-electron chi connectivity index (χ2n) is 7.21. The first-order valence-electron chi connectivity index (χ1n) is 10.1. The van der Waals surface area contributed by atoms with E-state index in [0.29, 0.717) is 28.5 Å². The summed E-state index contributed by atoms with van der Waals surface area (Å²) in [4.78, 5) is 25.4. The Morgan fingerprint density at radius 2 is 1.79 bits per heavy atom. The van der Waals surface area contributed by atoms with Crippen molar-refractivity contribution in [3.63, 3.8) is 0 Å². The van der Waals surface area contributed by atoms with E-state index in [4.69, 9.17) is 16.3 Å². The molecule has 0 bridgehead atoms. The lowest BCUT2D eigenvalue weighted by atomic mass is 10.1. The molecule has 1 aliphatic rings. The number of carbonyl (C=O) groups excluding carboxylic acids is 1. The predicted molar refractivity (Wildman–Crippen MR) is 127 cm³/mol. The van der Waals surface area contributed by atoms with Gasteiger partial charge in [-0.05, 0) is 60.5 Å². The van der Waals surface area contributed by atoms with Gasteiger partial charge in [0.25, 0.3) is 11.6 Å². The number of aromatic hydroxyl groups is 1. The molecule has 33 heavy (non-hydrogen) atoms. The fourth-order valence-corrected chi connectivity index (χ4v) is 3.62. The van der Waals surface area contributed by atoms with Gasteiger partial charge in [0.1, 0.15) is 11.5 Å². The maximum atomic E-state index is 13.4. The minimum Gasteiger partial charge on any atom is -0.506 e. The zero-order chi connectivity index (χ0) is 23.5. The molecule has 7 nitrogen and oxygen atoms in total. The van der Waals surface area contributed by atoms with Gasteiger partial charge in [-0.3, -0.25) is 19.8 Å². The third-order valence-corrected chi connectivity index (χ3v) is 5.30.